The molecule has 2 amide bonds. The maximum absolute atomic E-state index is 13.4. The average Bonchev–Trinajstić information content (AvgIpc) is 3.61. The van der Waals surface area contributed by atoms with Gasteiger partial charge in [-0.05, 0) is 42.9 Å². The normalized spacial score (nSPS) is 21.4. The molecular formula is C29H38N4O3. The Balaban J connectivity index is 1.12. The Morgan fingerprint density at radius 2 is 1.58 bits per heavy atom. The van der Waals surface area contributed by atoms with Crippen molar-refractivity contribution in [2.75, 3.05) is 65.4 Å². The van der Waals surface area contributed by atoms with Crippen LogP contribution < -0.4 is 9.64 Å². The van der Waals surface area contributed by atoms with Gasteiger partial charge < -0.3 is 19.4 Å². The molecule has 1 spiro atoms. The van der Waals surface area contributed by atoms with E-state index in [1.807, 2.05) is 66.4 Å². The first-order chi connectivity index (χ1) is 17.4. The topological polar surface area (TPSA) is 56.3 Å². The van der Waals surface area contributed by atoms with Crippen LogP contribution in [0.4, 0.5) is 5.69 Å². The predicted molar refractivity (Wildman–Crippen MR) is 141 cm³/mol. The number of anilines is 1. The van der Waals surface area contributed by atoms with Crippen molar-refractivity contribution < 1.29 is 14.3 Å². The number of piperazine rings is 1. The summed E-state index contributed by atoms with van der Waals surface area (Å²) in [5.41, 5.74) is 3.00. The van der Waals surface area contributed by atoms with Crippen molar-refractivity contribution in [2.24, 2.45) is 11.3 Å². The Bertz CT molecular complexity index is 1100. The van der Waals surface area contributed by atoms with Gasteiger partial charge >= 0.3 is 0 Å². The zero-order chi connectivity index (χ0) is 25.3. The van der Waals surface area contributed by atoms with Crippen LogP contribution in [0, 0.1) is 11.3 Å². The van der Waals surface area contributed by atoms with Gasteiger partial charge in [0.2, 0.25) is 5.91 Å². The van der Waals surface area contributed by atoms with Crippen LogP contribution in [0.1, 0.15) is 35.2 Å². The molecule has 2 aliphatic heterocycles. The second-order valence-electron chi connectivity index (χ2n) is 10.7. The molecule has 2 aromatic carbocycles. The summed E-state index contributed by atoms with van der Waals surface area (Å²) in [6.45, 7) is 5.65. The van der Waals surface area contributed by atoms with E-state index in [9.17, 15) is 9.59 Å². The van der Waals surface area contributed by atoms with Gasteiger partial charge in [-0.15, -0.1) is 0 Å². The smallest absolute Gasteiger partial charge is 0.255 e. The van der Waals surface area contributed by atoms with Gasteiger partial charge in [-0.1, -0.05) is 30.3 Å². The fourth-order valence-corrected chi connectivity index (χ4v) is 6.04. The summed E-state index contributed by atoms with van der Waals surface area (Å²) in [7, 11) is 5.65. The molecule has 192 valence electrons. The Labute approximate surface area is 214 Å². The summed E-state index contributed by atoms with van der Waals surface area (Å²) in [5.74, 6) is 1.48. The lowest BCUT2D eigenvalue weighted by Gasteiger charge is -2.37. The van der Waals surface area contributed by atoms with Crippen LogP contribution in [-0.4, -0.2) is 87.0 Å². The van der Waals surface area contributed by atoms with Gasteiger partial charge in [-0.25, -0.2) is 0 Å². The first-order valence-corrected chi connectivity index (χ1v) is 13.1. The van der Waals surface area contributed by atoms with E-state index in [1.54, 1.807) is 7.11 Å². The highest BCUT2D eigenvalue weighted by molar-refractivity contribution is 5.99. The highest BCUT2D eigenvalue weighted by Crippen LogP contribution is 2.60. The highest BCUT2D eigenvalue weighted by Gasteiger charge is 2.59. The summed E-state index contributed by atoms with van der Waals surface area (Å²) in [6, 6.07) is 16.0. The number of para-hydroxylation sites is 2. The van der Waals surface area contributed by atoms with Crippen LogP contribution in [0.15, 0.2) is 48.5 Å². The third-order valence-electron chi connectivity index (χ3n) is 8.42. The summed E-state index contributed by atoms with van der Waals surface area (Å²) in [5, 5.41) is 0. The van der Waals surface area contributed by atoms with E-state index in [1.165, 1.54) is 5.56 Å². The number of piperidine rings is 1. The number of rotatable bonds is 6. The number of amides is 2. The number of hydrogen-bond acceptors (Lipinski definition) is 5. The van der Waals surface area contributed by atoms with Crippen LogP contribution in [0.2, 0.25) is 0 Å². The zero-order valence-electron chi connectivity index (χ0n) is 21.8. The van der Waals surface area contributed by atoms with Crippen molar-refractivity contribution in [3.8, 4) is 5.75 Å². The number of carbonyl (C=O) groups excluding carboxylic acids is 2. The van der Waals surface area contributed by atoms with E-state index in [4.69, 9.17) is 4.74 Å². The van der Waals surface area contributed by atoms with Gasteiger partial charge in [0.1, 0.15) is 5.75 Å². The molecule has 0 bridgehead atoms. The third kappa shape index (κ3) is 4.81. The lowest BCUT2D eigenvalue weighted by molar-refractivity contribution is -0.135. The fourth-order valence-electron chi connectivity index (χ4n) is 6.04. The molecule has 36 heavy (non-hydrogen) atoms. The molecule has 1 aliphatic carbocycles. The second-order valence-corrected chi connectivity index (χ2v) is 10.7. The highest BCUT2D eigenvalue weighted by atomic mass is 16.5. The molecule has 2 saturated heterocycles. The van der Waals surface area contributed by atoms with Gasteiger partial charge in [0.25, 0.3) is 5.91 Å². The molecule has 1 saturated carbocycles. The van der Waals surface area contributed by atoms with E-state index in [-0.39, 0.29) is 17.2 Å². The first kappa shape index (κ1) is 24.6. The second kappa shape index (κ2) is 10.1. The van der Waals surface area contributed by atoms with Crippen molar-refractivity contribution in [2.45, 2.75) is 25.8 Å². The molecule has 2 aromatic rings. The minimum Gasteiger partial charge on any atom is -0.496 e. The van der Waals surface area contributed by atoms with Crippen LogP contribution in [0.25, 0.3) is 0 Å². The number of ether oxygens (including phenoxy) is 1. The van der Waals surface area contributed by atoms with Crippen LogP contribution in [0.5, 0.6) is 5.75 Å². The number of carbonyl (C=O) groups is 2. The minimum atomic E-state index is 0.101. The molecule has 7 heteroatoms. The van der Waals surface area contributed by atoms with E-state index in [0.29, 0.717) is 5.91 Å². The first-order valence-electron chi connectivity index (χ1n) is 13.1. The lowest BCUT2D eigenvalue weighted by atomic mass is 9.90. The molecule has 0 unspecified atom stereocenters. The largest absolute Gasteiger partial charge is 0.496 e. The third-order valence-corrected chi connectivity index (χ3v) is 8.42. The standard InChI is InChI=1S/C29H38N4O3/c1-30(2)25-10-6-5-9-23(25)27(34)32-14-12-29(13-15-32)20-24(29)28(35)33-18-16-31(17-19-33)21-22-8-4-7-11-26(22)36-3/h4-11,24H,12-21H2,1-3H3/t24-/m1/s1. The van der Waals surface area contributed by atoms with Gasteiger partial charge in [-0.3, -0.25) is 14.5 Å². The monoisotopic (exact) mass is 490 g/mol. The summed E-state index contributed by atoms with van der Waals surface area (Å²) < 4.78 is 5.50. The average molecular weight is 491 g/mol. The van der Waals surface area contributed by atoms with Gasteiger partial charge in [0.05, 0.1) is 12.7 Å². The summed E-state index contributed by atoms with van der Waals surface area (Å²) in [6.07, 6.45) is 2.82. The van der Waals surface area contributed by atoms with E-state index in [0.717, 1.165) is 82.1 Å². The Hall–Kier alpha value is -3.06. The molecule has 3 fully saturated rings. The fraction of sp³-hybridized carbons (Fsp3) is 0.517. The van der Waals surface area contributed by atoms with Crippen molar-refractivity contribution in [3.63, 3.8) is 0 Å². The van der Waals surface area contributed by atoms with E-state index < -0.39 is 0 Å². The Kier molecular flexibility index (Phi) is 6.93. The van der Waals surface area contributed by atoms with Crippen LogP contribution >= 0.6 is 0 Å². The van der Waals surface area contributed by atoms with E-state index >= 15 is 0 Å². The van der Waals surface area contributed by atoms with Crippen molar-refractivity contribution in [1.82, 2.24) is 14.7 Å². The molecule has 3 aliphatic rings. The number of benzene rings is 2. The minimum absolute atomic E-state index is 0.101. The van der Waals surface area contributed by atoms with Crippen molar-refractivity contribution in [1.29, 1.82) is 0 Å². The number of methoxy groups -OCH3 is 1. The van der Waals surface area contributed by atoms with Crippen LogP contribution in [-0.2, 0) is 11.3 Å². The van der Waals surface area contributed by atoms with Gasteiger partial charge in [0.15, 0.2) is 0 Å². The molecule has 0 aromatic heterocycles. The van der Waals surface area contributed by atoms with Gasteiger partial charge in [0, 0.05) is 77.1 Å². The quantitative estimate of drug-likeness (QED) is 0.622. The maximum atomic E-state index is 13.4. The maximum Gasteiger partial charge on any atom is 0.255 e. The number of likely N-dealkylation sites (tertiary alicyclic amines) is 1. The summed E-state index contributed by atoms with van der Waals surface area (Å²) >= 11 is 0. The lowest BCUT2D eigenvalue weighted by Crippen LogP contribution is -2.49. The molecular weight excluding hydrogens is 452 g/mol. The predicted octanol–water partition coefficient (Wildman–Crippen LogP) is 3.35. The molecule has 7 nitrogen and oxygen atoms in total. The number of hydrogen-bond donors (Lipinski definition) is 0. The number of nitrogens with zero attached hydrogens (tertiary/aromatic N) is 4. The molecule has 2 heterocycles. The molecule has 0 radical (unpaired) electrons. The Morgan fingerprint density at radius 3 is 2.28 bits per heavy atom. The Morgan fingerprint density at radius 1 is 0.917 bits per heavy atom. The zero-order valence-corrected chi connectivity index (χ0v) is 21.8. The molecule has 1 atom stereocenters. The van der Waals surface area contributed by atoms with E-state index in [2.05, 4.69) is 15.9 Å². The van der Waals surface area contributed by atoms with Gasteiger partial charge in [-0.2, -0.15) is 0 Å². The van der Waals surface area contributed by atoms with Crippen molar-refractivity contribution in [3.05, 3.63) is 59.7 Å². The molecule has 0 N–H and O–H groups in total. The van der Waals surface area contributed by atoms with Crippen LogP contribution in [0.3, 0.4) is 0 Å². The van der Waals surface area contributed by atoms with Crippen molar-refractivity contribution >= 4 is 17.5 Å². The SMILES string of the molecule is COc1ccccc1CN1CCN(C(=O)[C@H]2CC23CCN(C(=O)c2ccccc2N(C)C)CC3)CC1. The molecule has 5 rings (SSSR count). The summed E-state index contributed by atoms with van der Waals surface area (Å²) in [4.78, 5) is 35.0.